The Bertz CT molecular complexity index is 747. The van der Waals surface area contributed by atoms with Crippen molar-refractivity contribution in [3.63, 3.8) is 0 Å². The average Bonchev–Trinajstić information content (AvgIpc) is 2.49. The number of carbonyl (C=O) groups excluding carboxylic acids is 2. The molecule has 8 heteroatoms. The summed E-state index contributed by atoms with van der Waals surface area (Å²) in [5, 5.41) is 11.7. The van der Waals surface area contributed by atoms with Crippen LogP contribution in [0.3, 0.4) is 0 Å². The SMILES string of the molecule is O=C(COC(=O)c1ccc(Cl)cc1O)Nc1c(F)cccc1F. The van der Waals surface area contributed by atoms with Crippen LogP contribution in [0.5, 0.6) is 5.75 Å². The molecule has 2 aromatic carbocycles. The molecule has 0 saturated heterocycles. The predicted molar refractivity (Wildman–Crippen MR) is 78.4 cm³/mol. The van der Waals surface area contributed by atoms with Crippen molar-refractivity contribution in [3.05, 3.63) is 58.6 Å². The van der Waals surface area contributed by atoms with E-state index in [1.807, 2.05) is 5.32 Å². The lowest BCUT2D eigenvalue weighted by molar-refractivity contribution is -0.119. The second-order valence-corrected chi connectivity index (χ2v) is 4.82. The second kappa shape index (κ2) is 7.06. The summed E-state index contributed by atoms with van der Waals surface area (Å²) in [6.07, 6.45) is 0. The highest BCUT2D eigenvalue weighted by molar-refractivity contribution is 6.30. The third kappa shape index (κ3) is 4.17. The number of nitrogens with one attached hydrogen (secondary N) is 1. The highest BCUT2D eigenvalue weighted by atomic mass is 35.5. The molecule has 0 atom stereocenters. The Labute approximate surface area is 134 Å². The van der Waals surface area contributed by atoms with Gasteiger partial charge in [0, 0.05) is 5.02 Å². The van der Waals surface area contributed by atoms with Crippen LogP contribution in [0.2, 0.25) is 5.02 Å². The largest absolute Gasteiger partial charge is 0.507 e. The van der Waals surface area contributed by atoms with Crippen molar-refractivity contribution in [1.29, 1.82) is 0 Å². The Morgan fingerprint density at radius 2 is 1.83 bits per heavy atom. The zero-order valence-corrected chi connectivity index (χ0v) is 12.2. The van der Waals surface area contributed by atoms with Gasteiger partial charge in [-0.25, -0.2) is 13.6 Å². The van der Waals surface area contributed by atoms with Crippen LogP contribution in [0.1, 0.15) is 10.4 Å². The molecule has 0 saturated carbocycles. The Hall–Kier alpha value is -2.67. The summed E-state index contributed by atoms with van der Waals surface area (Å²) in [6, 6.07) is 6.78. The van der Waals surface area contributed by atoms with E-state index < -0.39 is 41.6 Å². The quantitative estimate of drug-likeness (QED) is 0.838. The number of hydrogen-bond donors (Lipinski definition) is 2. The number of rotatable bonds is 4. The van der Waals surface area contributed by atoms with Crippen LogP contribution in [0.15, 0.2) is 36.4 Å². The molecule has 2 N–H and O–H groups in total. The molecule has 1 amide bonds. The fourth-order valence-corrected chi connectivity index (χ4v) is 1.85. The molecule has 2 aromatic rings. The van der Waals surface area contributed by atoms with Crippen LogP contribution in [-0.2, 0) is 9.53 Å². The van der Waals surface area contributed by atoms with Crippen molar-refractivity contribution in [2.75, 3.05) is 11.9 Å². The fraction of sp³-hybridized carbons (Fsp3) is 0.0667. The molecule has 0 radical (unpaired) electrons. The van der Waals surface area contributed by atoms with E-state index in [0.717, 1.165) is 24.3 Å². The lowest BCUT2D eigenvalue weighted by Crippen LogP contribution is -2.22. The number of anilines is 1. The zero-order chi connectivity index (χ0) is 17.0. The van der Waals surface area contributed by atoms with Gasteiger partial charge in [-0.3, -0.25) is 4.79 Å². The summed E-state index contributed by atoms with van der Waals surface area (Å²) < 4.78 is 31.4. The fourth-order valence-electron chi connectivity index (χ4n) is 1.68. The number of esters is 1. The smallest absolute Gasteiger partial charge is 0.342 e. The van der Waals surface area contributed by atoms with Gasteiger partial charge in [0.25, 0.3) is 5.91 Å². The van der Waals surface area contributed by atoms with E-state index in [9.17, 15) is 23.5 Å². The first-order valence-electron chi connectivity index (χ1n) is 6.28. The maximum Gasteiger partial charge on any atom is 0.342 e. The first-order valence-corrected chi connectivity index (χ1v) is 6.66. The van der Waals surface area contributed by atoms with Crippen molar-refractivity contribution in [2.24, 2.45) is 0 Å². The third-order valence-electron chi connectivity index (χ3n) is 2.74. The van der Waals surface area contributed by atoms with Crippen LogP contribution in [0.4, 0.5) is 14.5 Å². The Balaban J connectivity index is 1.98. The third-order valence-corrected chi connectivity index (χ3v) is 2.98. The van der Waals surface area contributed by atoms with E-state index in [0.29, 0.717) is 0 Å². The second-order valence-electron chi connectivity index (χ2n) is 4.38. The molecule has 5 nitrogen and oxygen atoms in total. The van der Waals surface area contributed by atoms with Gasteiger partial charge in [-0.15, -0.1) is 0 Å². The number of aromatic hydroxyl groups is 1. The maximum absolute atomic E-state index is 13.4. The predicted octanol–water partition coefficient (Wildman–Crippen LogP) is 3.12. The highest BCUT2D eigenvalue weighted by Crippen LogP contribution is 2.22. The summed E-state index contributed by atoms with van der Waals surface area (Å²) in [7, 11) is 0. The number of phenols is 1. The van der Waals surface area contributed by atoms with Gasteiger partial charge in [0.05, 0.1) is 0 Å². The van der Waals surface area contributed by atoms with E-state index in [4.69, 9.17) is 11.6 Å². The van der Waals surface area contributed by atoms with Gasteiger partial charge in [0.15, 0.2) is 6.61 Å². The number of carbonyl (C=O) groups is 2. The standard InChI is InChI=1S/C15H10ClF2NO4/c16-8-4-5-9(12(20)6-8)15(22)23-7-13(21)19-14-10(17)2-1-3-11(14)18/h1-6,20H,7H2,(H,19,21). The molecule has 0 aliphatic rings. The van der Waals surface area contributed by atoms with Crippen molar-refractivity contribution < 1.29 is 28.2 Å². The molecule has 0 bridgehead atoms. The number of phenolic OH excluding ortho intramolecular Hbond substituents is 1. The maximum atomic E-state index is 13.4. The highest BCUT2D eigenvalue weighted by Gasteiger charge is 2.16. The van der Waals surface area contributed by atoms with Crippen molar-refractivity contribution in [1.82, 2.24) is 0 Å². The van der Waals surface area contributed by atoms with Crippen LogP contribution < -0.4 is 5.32 Å². The minimum atomic E-state index is -0.983. The van der Waals surface area contributed by atoms with Gasteiger partial charge < -0.3 is 15.2 Å². The average molecular weight is 342 g/mol. The number of para-hydroxylation sites is 1. The molecule has 23 heavy (non-hydrogen) atoms. The van der Waals surface area contributed by atoms with E-state index in [1.54, 1.807) is 0 Å². The lowest BCUT2D eigenvalue weighted by atomic mass is 10.2. The molecule has 0 unspecified atom stereocenters. The van der Waals surface area contributed by atoms with Gasteiger partial charge in [0.1, 0.15) is 28.6 Å². The minimum Gasteiger partial charge on any atom is -0.507 e. The van der Waals surface area contributed by atoms with Gasteiger partial charge >= 0.3 is 5.97 Å². The number of benzene rings is 2. The van der Waals surface area contributed by atoms with Crippen LogP contribution in [0.25, 0.3) is 0 Å². The molecule has 0 fully saturated rings. The van der Waals surface area contributed by atoms with Crippen molar-refractivity contribution in [2.45, 2.75) is 0 Å². The Morgan fingerprint density at radius 3 is 2.43 bits per heavy atom. The first-order chi connectivity index (χ1) is 10.9. The molecule has 0 heterocycles. The topological polar surface area (TPSA) is 75.6 Å². The Kier molecular flexibility index (Phi) is 5.13. The summed E-state index contributed by atoms with van der Waals surface area (Å²) >= 11 is 5.62. The molecular formula is C15H10ClF2NO4. The van der Waals surface area contributed by atoms with Gasteiger partial charge in [0.2, 0.25) is 0 Å². The van der Waals surface area contributed by atoms with E-state index in [1.165, 1.54) is 12.1 Å². The number of ether oxygens (including phenoxy) is 1. The lowest BCUT2D eigenvalue weighted by Gasteiger charge is -2.09. The van der Waals surface area contributed by atoms with E-state index in [2.05, 4.69) is 4.74 Å². The number of amides is 1. The van der Waals surface area contributed by atoms with Crippen molar-refractivity contribution in [3.8, 4) is 5.75 Å². The molecule has 120 valence electrons. The molecule has 0 spiro atoms. The minimum absolute atomic E-state index is 0.195. The monoisotopic (exact) mass is 341 g/mol. The summed E-state index contributed by atoms with van der Waals surface area (Å²) in [5.41, 5.74) is -0.831. The summed E-state index contributed by atoms with van der Waals surface area (Å²) in [4.78, 5) is 23.3. The van der Waals surface area contributed by atoms with Crippen LogP contribution in [0, 0.1) is 11.6 Å². The summed E-state index contributed by atoms with van der Waals surface area (Å²) in [6.45, 7) is -0.783. The van der Waals surface area contributed by atoms with E-state index in [-0.39, 0.29) is 10.6 Å². The van der Waals surface area contributed by atoms with Gasteiger partial charge in [-0.2, -0.15) is 0 Å². The number of halogens is 3. The normalized spacial score (nSPS) is 10.2. The summed E-state index contributed by atoms with van der Waals surface area (Å²) in [5.74, 6) is -4.25. The molecule has 2 rings (SSSR count). The molecular weight excluding hydrogens is 332 g/mol. The van der Waals surface area contributed by atoms with Crippen LogP contribution >= 0.6 is 11.6 Å². The number of hydrogen-bond acceptors (Lipinski definition) is 4. The molecule has 0 aliphatic carbocycles. The van der Waals surface area contributed by atoms with Crippen LogP contribution in [-0.4, -0.2) is 23.6 Å². The van der Waals surface area contributed by atoms with Crippen molar-refractivity contribution >= 4 is 29.2 Å². The van der Waals surface area contributed by atoms with E-state index >= 15 is 0 Å². The zero-order valence-electron chi connectivity index (χ0n) is 11.5. The first kappa shape index (κ1) is 16.7. The van der Waals surface area contributed by atoms with Gasteiger partial charge in [-0.1, -0.05) is 17.7 Å². The molecule has 0 aromatic heterocycles. The Morgan fingerprint density at radius 1 is 1.17 bits per heavy atom. The van der Waals surface area contributed by atoms with Gasteiger partial charge in [-0.05, 0) is 30.3 Å². The molecule has 0 aliphatic heterocycles.